The van der Waals surface area contributed by atoms with Crippen molar-refractivity contribution in [2.45, 2.75) is 63.4 Å². The summed E-state index contributed by atoms with van der Waals surface area (Å²) in [5.74, 6) is -5.65. The smallest absolute Gasteiger partial charge is 0.343 e. The Kier molecular flexibility index (Phi) is 4.65. The van der Waals surface area contributed by atoms with Gasteiger partial charge in [-0.05, 0) is 39.8 Å². The summed E-state index contributed by atoms with van der Waals surface area (Å²) in [5, 5.41) is 0. The zero-order valence-electron chi connectivity index (χ0n) is 17.9. The highest BCUT2D eigenvalue weighted by Crippen LogP contribution is 2.47. The lowest BCUT2D eigenvalue weighted by atomic mass is 9.98. The largest absolute Gasteiger partial charge is 0.372 e. The number of amides is 2. The fraction of sp³-hybridized carbons (Fsp3) is 0.600. The first kappa shape index (κ1) is 21.9. The molecule has 174 valence electrons. The van der Waals surface area contributed by atoms with E-state index in [2.05, 4.69) is 0 Å². The predicted molar refractivity (Wildman–Crippen MR) is 104 cm³/mol. The van der Waals surface area contributed by atoms with E-state index < -0.39 is 64.4 Å². The number of carbonyl (C=O) groups is 2. The normalized spacial score (nSPS) is 35.0. The Morgan fingerprint density at radius 1 is 1.00 bits per heavy atom. The van der Waals surface area contributed by atoms with Gasteiger partial charge in [0.15, 0.2) is 11.6 Å². The number of fused-ring (bicyclic) bond motifs is 4. The van der Waals surface area contributed by atoms with Crippen LogP contribution in [0.4, 0.5) is 0 Å². The van der Waals surface area contributed by atoms with Crippen LogP contribution in [0.15, 0.2) is 24.3 Å². The number of nitrogens with zero attached hydrogens (tertiary/aromatic N) is 1. The molecule has 4 atom stereocenters. The lowest BCUT2D eigenvalue weighted by Crippen LogP contribution is -2.61. The average Bonchev–Trinajstić information content (AvgIpc) is 3.26. The van der Waals surface area contributed by atoms with Crippen LogP contribution in [0, 0.1) is 0 Å². The first-order chi connectivity index (χ1) is 14.8. The monoisotopic (exact) mass is 469 g/mol. The van der Waals surface area contributed by atoms with Gasteiger partial charge in [-0.1, -0.05) is 12.1 Å². The number of hydrogen-bond acceptors (Lipinski definition) is 10. The van der Waals surface area contributed by atoms with Crippen molar-refractivity contribution in [1.29, 1.82) is 0 Å². The molecule has 4 aliphatic heterocycles. The standard InChI is InChI=1S/C20H23NO10S/c1-18(2)28-13-9-26-20(15(14(13)29-18)30-19(3,4)31-20)10-27-32(24,25)21-16(22)11-7-5-6-8-12(11)17(21)23/h5-8,13-15H,9-10H2,1-4H3/t13-,14?,15+,20+/m1/s1. The first-order valence-electron chi connectivity index (χ1n) is 10.1. The molecule has 0 N–H and O–H groups in total. The minimum absolute atomic E-state index is 0.0159. The Balaban J connectivity index is 1.40. The van der Waals surface area contributed by atoms with Crippen LogP contribution in [-0.4, -0.2) is 73.4 Å². The summed E-state index contributed by atoms with van der Waals surface area (Å²) in [6.45, 7) is 6.16. The number of imide groups is 1. The minimum atomic E-state index is -4.80. The van der Waals surface area contributed by atoms with Crippen molar-refractivity contribution in [2.24, 2.45) is 0 Å². The van der Waals surface area contributed by atoms with E-state index in [4.69, 9.17) is 27.9 Å². The predicted octanol–water partition coefficient (Wildman–Crippen LogP) is 0.942. The fourth-order valence-corrected chi connectivity index (χ4v) is 5.55. The maximum Gasteiger partial charge on any atom is 0.372 e. The molecule has 0 bridgehead atoms. The van der Waals surface area contributed by atoms with Gasteiger partial charge in [-0.25, -0.2) is 4.18 Å². The molecule has 0 radical (unpaired) electrons. The maximum absolute atomic E-state index is 12.9. The van der Waals surface area contributed by atoms with Crippen LogP contribution < -0.4 is 0 Å². The molecule has 0 aliphatic carbocycles. The van der Waals surface area contributed by atoms with E-state index in [1.807, 2.05) is 0 Å². The zero-order valence-corrected chi connectivity index (χ0v) is 18.7. The van der Waals surface area contributed by atoms with Crippen LogP contribution in [0.1, 0.15) is 48.4 Å². The van der Waals surface area contributed by atoms with Crippen molar-refractivity contribution in [1.82, 2.24) is 4.31 Å². The molecule has 32 heavy (non-hydrogen) atoms. The number of hydrogen-bond donors (Lipinski definition) is 0. The van der Waals surface area contributed by atoms with Gasteiger partial charge in [0.25, 0.3) is 11.8 Å². The molecule has 3 saturated heterocycles. The maximum atomic E-state index is 12.9. The van der Waals surface area contributed by atoms with E-state index in [0.717, 1.165) is 0 Å². The van der Waals surface area contributed by atoms with Gasteiger partial charge in [0.1, 0.15) is 24.9 Å². The van der Waals surface area contributed by atoms with Crippen LogP contribution >= 0.6 is 0 Å². The summed E-state index contributed by atoms with van der Waals surface area (Å²) in [6, 6.07) is 5.82. The van der Waals surface area contributed by atoms with E-state index in [0.29, 0.717) is 0 Å². The minimum Gasteiger partial charge on any atom is -0.343 e. The second-order valence-electron chi connectivity index (χ2n) is 8.94. The molecular formula is C20H23NO10S. The van der Waals surface area contributed by atoms with Crippen molar-refractivity contribution < 1.29 is 45.9 Å². The Morgan fingerprint density at radius 2 is 1.62 bits per heavy atom. The lowest BCUT2D eigenvalue weighted by molar-refractivity contribution is -0.290. The third kappa shape index (κ3) is 3.29. The lowest BCUT2D eigenvalue weighted by Gasteiger charge is -2.40. The highest BCUT2D eigenvalue weighted by Gasteiger charge is 2.66. The van der Waals surface area contributed by atoms with E-state index in [1.54, 1.807) is 27.7 Å². The highest BCUT2D eigenvalue weighted by molar-refractivity contribution is 7.85. The number of carbonyl (C=O) groups excluding carboxylic acids is 2. The van der Waals surface area contributed by atoms with Crippen molar-refractivity contribution in [3.05, 3.63) is 35.4 Å². The SMILES string of the molecule is CC1(C)OC2[C@@H](CO[C@@]3(COS(=O)(=O)N4C(=O)c5ccccc5C4=O)OC(C)(C)O[C@@H]23)O1. The van der Waals surface area contributed by atoms with Gasteiger partial charge >= 0.3 is 10.3 Å². The van der Waals surface area contributed by atoms with Crippen molar-refractivity contribution in [2.75, 3.05) is 13.2 Å². The Bertz CT molecular complexity index is 1060. The third-order valence-electron chi connectivity index (χ3n) is 5.66. The summed E-state index contributed by atoms with van der Waals surface area (Å²) in [4.78, 5) is 25.2. The van der Waals surface area contributed by atoms with Gasteiger partial charge < -0.3 is 23.7 Å². The molecule has 12 heteroatoms. The summed E-state index contributed by atoms with van der Waals surface area (Å²) in [5.41, 5.74) is -0.0319. The summed E-state index contributed by atoms with van der Waals surface area (Å²) in [7, 11) is -4.80. The van der Waals surface area contributed by atoms with E-state index in [-0.39, 0.29) is 22.0 Å². The van der Waals surface area contributed by atoms with Crippen molar-refractivity contribution in [3.8, 4) is 0 Å². The number of benzene rings is 1. The van der Waals surface area contributed by atoms with Gasteiger partial charge in [-0.2, -0.15) is 8.42 Å². The molecule has 1 unspecified atom stereocenters. The number of rotatable bonds is 4. The van der Waals surface area contributed by atoms with Crippen molar-refractivity contribution >= 4 is 22.1 Å². The average molecular weight is 469 g/mol. The quantitative estimate of drug-likeness (QED) is 0.588. The van der Waals surface area contributed by atoms with Crippen LogP contribution in [0.25, 0.3) is 0 Å². The molecule has 1 aromatic rings. The first-order valence-corrected chi connectivity index (χ1v) is 11.5. The van der Waals surface area contributed by atoms with E-state index >= 15 is 0 Å². The third-order valence-corrected chi connectivity index (χ3v) is 6.86. The Morgan fingerprint density at radius 3 is 2.25 bits per heavy atom. The van der Waals surface area contributed by atoms with Gasteiger partial charge in [0.2, 0.25) is 5.79 Å². The van der Waals surface area contributed by atoms with Gasteiger partial charge in [0, 0.05) is 0 Å². The van der Waals surface area contributed by atoms with Crippen LogP contribution in [0.2, 0.25) is 0 Å². The number of ether oxygens (including phenoxy) is 5. The molecule has 0 aromatic heterocycles. The molecule has 5 rings (SSSR count). The second kappa shape index (κ2) is 6.79. The topological polar surface area (TPSA) is 127 Å². The van der Waals surface area contributed by atoms with Crippen LogP contribution in [0.3, 0.4) is 0 Å². The fourth-order valence-electron chi connectivity index (χ4n) is 4.53. The summed E-state index contributed by atoms with van der Waals surface area (Å²) >= 11 is 0. The Hall–Kier alpha value is -1.93. The molecule has 1 aromatic carbocycles. The van der Waals surface area contributed by atoms with Gasteiger partial charge in [-0.15, -0.1) is 4.31 Å². The summed E-state index contributed by atoms with van der Waals surface area (Å²) in [6.07, 6.45) is -1.94. The van der Waals surface area contributed by atoms with Crippen LogP contribution in [-0.2, 0) is 38.2 Å². The molecule has 4 aliphatic rings. The Labute approximate surface area is 184 Å². The zero-order chi connectivity index (χ0) is 23.1. The van der Waals surface area contributed by atoms with E-state index in [9.17, 15) is 18.0 Å². The molecule has 0 saturated carbocycles. The van der Waals surface area contributed by atoms with Gasteiger partial charge in [0.05, 0.1) is 17.7 Å². The molecule has 4 heterocycles. The second-order valence-corrected chi connectivity index (χ2v) is 10.4. The molecular weight excluding hydrogens is 446 g/mol. The van der Waals surface area contributed by atoms with Gasteiger partial charge in [-0.3, -0.25) is 9.59 Å². The molecule has 0 spiro atoms. The molecule has 2 amide bonds. The molecule has 11 nitrogen and oxygen atoms in total. The van der Waals surface area contributed by atoms with Crippen LogP contribution in [0.5, 0.6) is 0 Å². The molecule has 3 fully saturated rings. The summed E-state index contributed by atoms with van der Waals surface area (Å²) < 4.78 is 60.6. The van der Waals surface area contributed by atoms with E-state index in [1.165, 1.54) is 24.3 Å². The van der Waals surface area contributed by atoms with Crippen molar-refractivity contribution in [3.63, 3.8) is 0 Å². The highest BCUT2D eigenvalue weighted by atomic mass is 32.2.